The van der Waals surface area contributed by atoms with Crippen LogP contribution in [0.4, 0.5) is 5.69 Å². The number of rotatable bonds is 3. The van der Waals surface area contributed by atoms with Crippen molar-refractivity contribution in [3.63, 3.8) is 0 Å². The zero-order valence-electron chi connectivity index (χ0n) is 10.4. The van der Waals surface area contributed by atoms with E-state index in [0.717, 1.165) is 24.8 Å². The van der Waals surface area contributed by atoms with E-state index in [-0.39, 0.29) is 12.5 Å². The standard InChI is InChI=1S/C14H15NO4/c16-12-8-19-11-3-2-9(6-10(11)15-12)7-14(13(17)18)4-1-5-14/h2-3,6H,1,4-5,7-8H2,(H,15,16)(H,17,18). The largest absolute Gasteiger partial charge is 0.482 e. The Labute approximate surface area is 110 Å². The lowest BCUT2D eigenvalue weighted by Crippen LogP contribution is -2.39. The summed E-state index contributed by atoms with van der Waals surface area (Å²) < 4.78 is 5.28. The van der Waals surface area contributed by atoms with Crippen molar-refractivity contribution in [1.82, 2.24) is 0 Å². The van der Waals surface area contributed by atoms with E-state index in [1.165, 1.54) is 0 Å². The van der Waals surface area contributed by atoms with Crippen LogP contribution >= 0.6 is 0 Å². The van der Waals surface area contributed by atoms with Gasteiger partial charge in [-0.25, -0.2) is 0 Å². The molecule has 1 fully saturated rings. The lowest BCUT2D eigenvalue weighted by molar-refractivity contribution is -0.154. The Bertz CT molecular complexity index is 548. The van der Waals surface area contributed by atoms with Crippen LogP contribution in [0.2, 0.25) is 0 Å². The maximum absolute atomic E-state index is 11.4. The molecule has 3 rings (SSSR count). The molecule has 0 spiro atoms. The van der Waals surface area contributed by atoms with Gasteiger partial charge in [-0.15, -0.1) is 0 Å². The maximum atomic E-state index is 11.4. The van der Waals surface area contributed by atoms with Crippen LogP contribution in [0.1, 0.15) is 24.8 Å². The SMILES string of the molecule is O=C1COc2ccc(CC3(C(=O)O)CCC3)cc2N1. The first-order valence-corrected chi connectivity index (χ1v) is 6.38. The van der Waals surface area contributed by atoms with Gasteiger partial charge in [-0.2, -0.15) is 0 Å². The van der Waals surface area contributed by atoms with E-state index >= 15 is 0 Å². The minimum absolute atomic E-state index is 0.0331. The van der Waals surface area contributed by atoms with Gasteiger partial charge in [0, 0.05) is 0 Å². The van der Waals surface area contributed by atoms with Gasteiger partial charge >= 0.3 is 5.97 Å². The molecule has 0 aromatic heterocycles. The summed E-state index contributed by atoms with van der Waals surface area (Å²) >= 11 is 0. The van der Waals surface area contributed by atoms with Crippen LogP contribution in [-0.2, 0) is 16.0 Å². The number of carbonyl (C=O) groups excluding carboxylic acids is 1. The zero-order chi connectivity index (χ0) is 13.5. The molecule has 1 aromatic carbocycles. The number of hydrogen-bond donors (Lipinski definition) is 2. The summed E-state index contributed by atoms with van der Waals surface area (Å²) in [6, 6.07) is 5.48. The monoisotopic (exact) mass is 261 g/mol. The number of benzene rings is 1. The number of aliphatic carboxylic acids is 1. The molecular weight excluding hydrogens is 246 g/mol. The van der Waals surface area contributed by atoms with Crippen LogP contribution in [0, 0.1) is 5.41 Å². The summed E-state index contributed by atoms with van der Waals surface area (Å²) in [4.78, 5) is 22.6. The fraction of sp³-hybridized carbons (Fsp3) is 0.429. The molecule has 1 heterocycles. The van der Waals surface area contributed by atoms with Gasteiger partial charge in [0.05, 0.1) is 11.1 Å². The number of carboxylic acids is 1. The summed E-state index contributed by atoms with van der Waals surface area (Å²) in [7, 11) is 0. The van der Waals surface area contributed by atoms with Crippen LogP contribution in [0.25, 0.3) is 0 Å². The summed E-state index contributed by atoms with van der Waals surface area (Å²) in [5.74, 6) is -0.265. The van der Waals surface area contributed by atoms with Gasteiger partial charge in [-0.1, -0.05) is 12.5 Å². The van der Waals surface area contributed by atoms with Gasteiger partial charge in [0.15, 0.2) is 6.61 Å². The topological polar surface area (TPSA) is 75.6 Å². The fourth-order valence-electron chi connectivity index (χ4n) is 2.70. The highest BCUT2D eigenvalue weighted by Gasteiger charge is 2.44. The number of carbonyl (C=O) groups is 2. The number of ether oxygens (including phenoxy) is 1. The molecule has 0 saturated heterocycles. The highest BCUT2D eigenvalue weighted by atomic mass is 16.5. The predicted octanol–water partition coefficient (Wildman–Crippen LogP) is 1.81. The van der Waals surface area contributed by atoms with Crippen molar-refractivity contribution in [2.45, 2.75) is 25.7 Å². The van der Waals surface area contributed by atoms with Crippen molar-refractivity contribution in [3.05, 3.63) is 23.8 Å². The van der Waals surface area contributed by atoms with Crippen LogP contribution < -0.4 is 10.1 Å². The molecule has 0 bridgehead atoms. The predicted molar refractivity (Wildman–Crippen MR) is 68.2 cm³/mol. The smallest absolute Gasteiger partial charge is 0.309 e. The van der Waals surface area contributed by atoms with Gasteiger partial charge < -0.3 is 15.2 Å². The Morgan fingerprint density at radius 3 is 2.84 bits per heavy atom. The Morgan fingerprint density at radius 1 is 1.42 bits per heavy atom. The summed E-state index contributed by atoms with van der Waals surface area (Å²) in [5.41, 5.74) is 0.939. The molecule has 2 aliphatic rings. The Hall–Kier alpha value is -2.04. The molecular formula is C14H15NO4. The first-order chi connectivity index (χ1) is 9.09. The summed E-state index contributed by atoms with van der Waals surface area (Å²) in [6.45, 7) is 0.0331. The molecule has 1 aliphatic heterocycles. The van der Waals surface area contributed by atoms with Crippen molar-refractivity contribution in [2.24, 2.45) is 5.41 Å². The molecule has 1 aromatic rings. The van der Waals surface area contributed by atoms with E-state index in [4.69, 9.17) is 4.74 Å². The second-order valence-electron chi connectivity index (χ2n) is 5.28. The third-order valence-electron chi connectivity index (χ3n) is 3.98. The number of anilines is 1. The van der Waals surface area contributed by atoms with Gasteiger partial charge in [0.25, 0.3) is 5.91 Å². The van der Waals surface area contributed by atoms with E-state index in [0.29, 0.717) is 17.9 Å². The first kappa shape index (κ1) is 12.0. The third-order valence-corrected chi connectivity index (χ3v) is 3.98. The van der Waals surface area contributed by atoms with Crippen LogP contribution in [-0.4, -0.2) is 23.6 Å². The Morgan fingerprint density at radius 2 is 2.21 bits per heavy atom. The number of fused-ring (bicyclic) bond motifs is 1. The van der Waals surface area contributed by atoms with Crippen molar-refractivity contribution in [3.8, 4) is 5.75 Å². The molecule has 0 radical (unpaired) electrons. The first-order valence-electron chi connectivity index (χ1n) is 6.38. The molecule has 19 heavy (non-hydrogen) atoms. The Kier molecular flexibility index (Phi) is 2.69. The van der Waals surface area contributed by atoms with E-state index in [1.54, 1.807) is 6.07 Å². The van der Waals surface area contributed by atoms with Gasteiger partial charge in [0.2, 0.25) is 0 Å². The molecule has 1 saturated carbocycles. The highest BCUT2D eigenvalue weighted by Crippen LogP contribution is 2.44. The number of carboxylic acid groups (broad SMARTS) is 1. The minimum atomic E-state index is -0.725. The van der Waals surface area contributed by atoms with Gasteiger partial charge in [-0.3, -0.25) is 9.59 Å². The Balaban J connectivity index is 1.84. The van der Waals surface area contributed by atoms with Crippen LogP contribution in [0.3, 0.4) is 0 Å². The quantitative estimate of drug-likeness (QED) is 0.870. The van der Waals surface area contributed by atoms with Crippen LogP contribution in [0.15, 0.2) is 18.2 Å². The van der Waals surface area contributed by atoms with Crippen molar-refractivity contribution in [1.29, 1.82) is 0 Å². The molecule has 1 amide bonds. The zero-order valence-corrected chi connectivity index (χ0v) is 10.4. The lowest BCUT2D eigenvalue weighted by Gasteiger charge is -2.38. The van der Waals surface area contributed by atoms with E-state index in [1.807, 2.05) is 12.1 Å². The number of nitrogens with one attached hydrogen (secondary N) is 1. The molecule has 100 valence electrons. The van der Waals surface area contributed by atoms with Gasteiger partial charge in [0.1, 0.15) is 5.75 Å². The molecule has 1 aliphatic carbocycles. The molecule has 2 N–H and O–H groups in total. The normalized spacial score (nSPS) is 19.7. The minimum Gasteiger partial charge on any atom is -0.482 e. The fourth-order valence-corrected chi connectivity index (χ4v) is 2.70. The third kappa shape index (κ3) is 2.05. The average Bonchev–Trinajstić information content (AvgIpc) is 2.32. The van der Waals surface area contributed by atoms with Crippen molar-refractivity contribution < 1.29 is 19.4 Å². The van der Waals surface area contributed by atoms with Crippen molar-refractivity contribution in [2.75, 3.05) is 11.9 Å². The maximum Gasteiger partial charge on any atom is 0.309 e. The number of amides is 1. The lowest BCUT2D eigenvalue weighted by atomic mass is 9.65. The average molecular weight is 261 g/mol. The van der Waals surface area contributed by atoms with E-state index in [9.17, 15) is 14.7 Å². The summed E-state index contributed by atoms with van der Waals surface area (Å²) in [5, 5.41) is 12.1. The second kappa shape index (κ2) is 4.26. The highest BCUT2D eigenvalue weighted by molar-refractivity contribution is 5.95. The molecule has 0 unspecified atom stereocenters. The molecule has 0 atom stereocenters. The summed E-state index contributed by atoms with van der Waals surface area (Å²) in [6.07, 6.45) is 2.92. The second-order valence-corrected chi connectivity index (χ2v) is 5.28. The molecule has 5 heteroatoms. The van der Waals surface area contributed by atoms with Crippen molar-refractivity contribution >= 4 is 17.6 Å². The molecule has 5 nitrogen and oxygen atoms in total. The van der Waals surface area contributed by atoms with Gasteiger partial charge in [-0.05, 0) is 37.0 Å². The van der Waals surface area contributed by atoms with E-state index < -0.39 is 11.4 Å². The van der Waals surface area contributed by atoms with E-state index in [2.05, 4.69) is 5.32 Å². The van der Waals surface area contributed by atoms with Crippen LogP contribution in [0.5, 0.6) is 5.75 Å². The number of hydrogen-bond acceptors (Lipinski definition) is 3.